The zero-order chi connectivity index (χ0) is 30.0. The van der Waals surface area contributed by atoms with Gasteiger partial charge in [-0.15, -0.1) is 0 Å². The van der Waals surface area contributed by atoms with Gasteiger partial charge in [0.05, 0.1) is 11.9 Å². The lowest BCUT2D eigenvalue weighted by Gasteiger charge is -2.29. The lowest BCUT2D eigenvalue weighted by Crippen LogP contribution is -2.38. The molecule has 3 aromatic carbocycles. The van der Waals surface area contributed by atoms with Gasteiger partial charge in [-0.2, -0.15) is 0 Å². The van der Waals surface area contributed by atoms with E-state index in [1.54, 1.807) is 50.5 Å². The fraction of sp³-hybridized carbons (Fsp3) is 0.226. The molecule has 1 unspecified atom stereocenters. The summed E-state index contributed by atoms with van der Waals surface area (Å²) in [5.74, 6) is -0.615. The molecule has 1 aromatic heterocycles. The molecule has 4 aromatic rings. The van der Waals surface area contributed by atoms with Crippen molar-refractivity contribution in [1.29, 1.82) is 0 Å². The molecule has 1 saturated heterocycles. The minimum atomic E-state index is -0.932. The van der Waals surface area contributed by atoms with Gasteiger partial charge in [0.25, 0.3) is 11.8 Å². The number of halogens is 2. The predicted molar refractivity (Wildman–Crippen MR) is 158 cm³/mol. The van der Waals surface area contributed by atoms with E-state index >= 15 is 0 Å². The van der Waals surface area contributed by atoms with E-state index < -0.39 is 29.8 Å². The van der Waals surface area contributed by atoms with Crippen LogP contribution in [0.4, 0.5) is 9.18 Å². The molecule has 11 heteroatoms. The number of carbonyl (C=O) groups is 3. The van der Waals surface area contributed by atoms with E-state index in [4.69, 9.17) is 4.74 Å². The molecular formula is C31H29BrFN5O4. The second-order valence-corrected chi connectivity index (χ2v) is 11.1. The van der Waals surface area contributed by atoms with E-state index in [9.17, 15) is 18.8 Å². The van der Waals surface area contributed by atoms with Crippen LogP contribution in [0.5, 0.6) is 5.75 Å². The molecule has 2 N–H and O–H groups in total. The standard InChI is InChI=1S/C31H29BrFN5O4/c1-18(19-7-5-4-6-8-19)28(29-34-16-25(35-29)23-14-11-21(32)15-24(23)33)38-30(40)27(36-31(38)41)20-9-12-22(13-10-20)42-17-26(39)37(2)3/h4-16,18,27-28H,17H2,1-3H3,(H,34,35)(H,36,41)/t18-,27+,28?/m0/s1. The van der Waals surface area contributed by atoms with Gasteiger partial charge in [0.1, 0.15) is 29.5 Å². The van der Waals surface area contributed by atoms with Gasteiger partial charge in [0, 0.05) is 30.0 Å². The number of hydrogen-bond donors (Lipinski definition) is 2. The number of nitrogens with zero attached hydrogens (tertiary/aromatic N) is 3. The van der Waals surface area contributed by atoms with Crippen molar-refractivity contribution < 1.29 is 23.5 Å². The van der Waals surface area contributed by atoms with Crippen LogP contribution in [-0.2, 0) is 9.59 Å². The molecule has 1 aliphatic heterocycles. The van der Waals surface area contributed by atoms with Crippen LogP contribution in [-0.4, -0.2) is 58.3 Å². The normalized spacial score (nSPS) is 16.2. The number of imide groups is 1. The topological polar surface area (TPSA) is 108 Å². The number of hydrogen-bond acceptors (Lipinski definition) is 5. The van der Waals surface area contributed by atoms with E-state index in [0.29, 0.717) is 32.9 Å². The Bertz CT molecular complexity index is 1610. The molecule has 0 radical (unpaired) electrons. The summed E-state index contributed by atoms with van der Waals surface area (Å²) >= 11 is 3.27. The summed E-state index contributed by atoms with van der Waals surface area (Å²) in [5.41, 5.74) is 2.19. The molecule has 1 fully saturated rings. The summed E-state index contributed by atoms with van der Waals surface area (Å²) in [7, 11) is 3.28. The van der Waals surface area contributed by atoms with Crippen molar-refractivity contribution in [3.05, 3.63) is 106 Å². The Morgan fingerprint density at radius 2 is 1.81 bits per heavy atom. The number of H-pyrrole nitrogens is 1. The zero-order valence-corrected chi connectivity index (χ0v) is 24.8. The number of urea groups is 1. The van der Waals surface area contributed by atoms with E-state index in [1.807, 2.05) is 37.3 Å². The first-order valence-corrected chi connectivity index (χ1v) is 14.0. The number of nitrogens with one attached hydrogen (secondary N) is 2. The SMILES string of the molecule is C[C@@H](c1ccccc1)C(c1ncc(-c2ccc(Br)cc2F)[nH]1)N1C(=O)N[C@H](c2ccc(OCC(=O)N(C)C)cc2)C1=O. The Labute approximate surface area is 250 Å². The lowest BCUT2D eigenvalue weighted by molar-refractivity contribution is -0.131. The third kappa shape index (κ3) is 5.91. The highest BCUT2D eigenvalue weighted by Gasteiger charge is 2.46. The van der Waals surface area contributed by atoms with Crippen molar-refractivity contribution >= 4 is 33.8 Å². The van der Waals surface area contributed by atoms with Gasteiger partial charge in [-0.25, -0.2) is 14.2 Å². The summed E-state index contributed by atoms with van der Waals surface area (Å²) in [5, 5.41) is 2.79. The minimum absolute atomic E-state index is 0.117. The van der Waals surface area contributed by atoms with Crippen LogP contribution >= 0.6 is 15.9 Å². The molecule has 1 aliphatic rings. The maximum Gasteiger partial charge on any atom is 0.325 e. The van der Waals surface area contributed by atoms with Crippen molar-refractivity contribution in [3.63, 3.8) is 0 Å². The molecule has 4 amide bonds. The molecule has 9 nitrogen and oxygen atoms in total. The number of imidazole rings is 1. The van der Waals surface area contributed by atoms with Crippen molar-refractivity contribution in [2.45, 2.75) is 24.9 Å². The van der Waals surface area contributed by atoms with Gasteiger partial charge in [-0.1, -0.05) is 65.3 Å². The average Bonchev–Trinajstić information content (AvgIpc) is 3.57. The van der Waals surface area contributed by atoms with Crippen LogP contribution in [0.2, 0.25) is 0 Å². The highest BCUT2D eigenvalue weighted by atomic mass is 79.9. The number of benzene rings is 3. The quantitative estimate of drug-likeness (QED) is 0.234. The second-order valence-electron chi connectivity index (χ2n) is 10.2. The molecule has 5 rings (SSSR count). The molecule has 0 saturated carbocycles. The maximum absolute atomic E-state index is 14.8. The number of carbonyl (C=O) groups excluding carboxylic acids is 3. The molecule has 216 valence electrons. The number of aromatic nitrogens is 2. The Balaban J connectivity index is 1.45. The molecule has 0 aliphatic carbocycles. The van der Waals surface area contributed by atoms with Crippen LogP contribution < -0.4 is 10.1 Å². The molecule has 2 heterocycles. The van der Waals surface area contributed by atoms with Crippen LogP contribution in [0, 0.1) is 5.82 Å². The largest absolute Gasteiger partial charge is 0.484 e. The van der Waals surface area contributed by atoms with Crippen LogP contribution in [0.1, 0.15) is 41.9 Å². The van der Waals surface area contributed by atoms with E-state index in [2.05, 4.69) is 31.2 Å². The smallest absolute Gasteiger partial charge is 0.325 e. The van der Waals surface area contributed by atoms with Crippen molar-refractivity contribution in [1.82, 2.24) is 25.1 Å². The van der Waals surface area contributed by atoms with Crippen molar-refractivity contribution in [2.75, 3.05) is 20.7 Å². The first-order chi connectivity index (χ1) is 20.1. The number of rotatable bonds is 9. The second kappa shape index (κ2) is 12.2. The molecular weight excluding hydrogens is 605 g/mol. The van der Waals surface area contributed by atoms with Crippen LogP contribution in [0.3, 0.4) is 0 Å². The third-order valence-electron chi connectivity index (χ3n) is 7.22. The Morgan fingerprint density at radius 3 is 2.48 bits per heavy atom. The number of likely N-dealkylation sites (N-methyl/N-ethyl adjacent to an activating group) is 1. The van der Waals surface area contributed by atoms with Gasteiger partial charge in [-0.05, 0) is 41.5 Å². The predicted octanol–water partition coefficient (Wildman–Crippen LogP) is 5.58. The van der Waals surface area contributed by atoms with Crippen LogP contribution in [0.15, 0.2) is 83.5 Å². The Morgan fingerprint density at radius 1 is 1.10 bits per heavy atom. The monoisotopic (exact) mass is 633 g/mol. The summed E-state index contributed by atoms with van der Waals surface area (Å²) in [6, 6.07) is 18.6. The number of amides is 4. The van der Waals surface area contributed by atoms with E-state index in [1.165, 1.54) is 22.1 Å². The summed E-state index contributed by atoms with van der Waals surface area (Å²) in [6.07, 6.45) is 1.50. The maximum atomic E-state index is 14.8. The molecule has 42 heavy (non-hydrogen) atoms. The van der Waals surface area contributed by atoms with Crippen LogP contribution in [0.25, 0.3) is 11.3 Å². The Kier molecular flexibility index (Phi) is 8.39. The van der Waals surface area contributed by atoms with E-state index in [0.717, 1.165) is 5.56 Å². The van der Waals surface area contributed by atoms with Crippen molar-refractivity contribution in [2.24, 2.45) is 0 Å². The average molecular weight is 635 g/mol. The fourth-order valence-corrected chi connectivity index (χ4v) is 5.20. The van der Waals surface area contributed by atoms with Crippen molar-refractivity contribution in [3.8, 4) is 17.0 Å². The summed E-state index contributed by atoms with van der Waals surface area (Å²) in [6.45, 7) is 1.80. The highest BCUT2D eigenvalue weighted by molar-refractivity contribution is 9.10. The molecule has 3 atom stereocenters. The first kappa shape index (κ1) is 29.0. The Hall–Kier alpha value is -4.51. The molecule has 0 bridgehead atoms. The van der Waals surface area contributed by atoms with E-state index in [-0.39, 0.29) is 18.4 Å². The van der Waals surface area contributed by atoms with Gasteiger partial charge >= 0.3 is 6.03 Å². The van der Waals surface area contributed by atoms with Gasteiger partial charge in [0.2, 0.25) is 0 Å². The molecule has 0 spiro atoms. The minimum Gasteiger partial charge on any atom is -0.484 e. The zero-order valence-electron chi connectivity index (χ0n) is 23.2. The van der Waals surface area contributed by atoms with Gasteiger partial charge in [0.15, 0.2) is 6.61 Å². The third-order valence-corrected chi connectivity index (χ3v) is 7.71. The fourth-order valence-electron chi connectivity index (χ4n) is 4.87. The van der Waals surface area contributed by atoms with Gasteiger partial charge in [-0.3, -0.25) is 14.5 Å². The van der Waals surface area contributed by atoms with Gasteiger partial charge < -0.3 is 19.9 Å². The number of ether oxygens (including phenoxy) is 1. The first-order valence-electron chi connectivity index (χ1n) is 13.3. The highest BCUT2D eigenvalue weighted by Crippen LogP contribution is 2.39. The summed E-state index contributed by atoms with van der Waals surface area (Å²) < 4.78 is 20.9. The lowest BCUT2D eigenvalue weighted by atomic mass is 9.91. The number of aromatic amines is 1. The summed E-state index contributed by atoms with van der Waals surface area (Å²) in [4.78, 5) is 49.4.